The molecule has 142 valence electrons. The number of amides is 2. The Morgan fingerprint density at radius 3 is 2.57 bits per heavy atom. The minimum Gasteiger partial charge on any atom is -0.481 e. The molecule has 7 nitrogen and oxygen atoms in total. The fourth-order valence-electron chi connectivity index (χ4n) is 2.54. The molecular formula is C19H13FN2O5S. The van der Waals surface area contributed by atoms with Gasteiger partial charge in [-0.2, -0.15) is 0 Å². The third-order valence-corrected chi connectivity index (χ3v) is 4.05. The van der Waals surface area contributed by atoms with Gasteiger partial charge < -0.3 is 9.84 Å². The number of nitrogens with zero attached hydrogens (tertiary/aromatic N) is 1. The Hall–Kier alpha value is -3.59. The molecule has 2 N–H and O–H groups in total. The topological polar surface area (TPSA) is 95.9 Å². The Morgan fingerprint density at radius 2 is 1.86 bits per heavy atom. The van der Waals surface area contributed by atoms with Crippen LogP contribution in [0.4, 0.5) is 10.1 Å². The van der Waals surface area contributed by atoms with Crippen LogP contribution in [-0.4, -0.2) is 34.6 Å². The van der Waals surface area contributed by atoms with Gasteiger partial charge in [0.2, 0.25) is 0 Å². The Morgan fingerprint density at radius 1 is 1.18 bits per heavy atom. The number of para-hydroxylation sites is 2. The van der Waals surface area contributed by atoms with Crippen molar-refractivity contribution in [1.29, 1.82) is 0 Å². The summed E-state index contributed by atoms with van der Waals surface area (Å²) in [7, 11) is 0. The maximum absolute atomic E-state index is 14.2. The van der Waals surface area contributed by atoms with Gasteiger partial charge in [-0.15, -0.1) is 0 Å². The van der Waals surface area contributed by atoms with E-state index in [1.54, 1.807) is 18.2 Å². The van der Waals surface area contributed by atoms with Crippen LogP contribution in [0.3, 0.4) is 0 Å². The van der Waals surface area contributed by atoms with E-state index in [1.165, 1.54) is 36.4 Å². The van der Waals surface area contributed by atoms with E-state index in [0.29, 0.717) is 5.56 Å². The minimum absolute atomic E-state index is 0.0983. The zero-order chi connectivity index (χ0) is 20.3. The van der Waals surface area contributed by atoms with Gasteiger partial charge in [-0.25, -0.2) is 14.1 Å². The number of carboxylic acids is 1. The fraction of sp³-hybridized carbons (Fsp3) is 0.0526. The molecule has 1 aliphatic rings. The summed E-state index contributed by atoms with van der Waals surface area (Å²) in [5.41, 5.74) is -0.0920. The first-order valence-corrected chi connectivity index (χ1v) is 8.39. The number of halogens is 1. The predicted molar refractivity (Wildman–Crippen MR) is 102 cm³/mol. The molecule has 0 atom stereocenters. The van der Waals surface area contributed by atoms with E-state index in [-0.39, 0.29) is 22.1 Å². The van der Waals surface area contributed by atoms with Crippen molar-refractivity contribution in [3.05, 3.63) is 65.5 Å². The van der Waals surface area contributed by atoms with Crippen LogP contribution in [0.2, 0.25) is 0 Å². The molecule has 0 aliphatic carbocycles. The molecule has 2 aromatic carbocycles. The molecule has 1 aliphatic heterocycles. The van der Waals surface area contributed by atoms with Crippen LogP contribution in [0.15, 0.2) is 54.1 Å². The van der Waals surface area contributed by atoms with E-state index in [0.717, 1.165) is 4.90 Å². The molecule has 1 saturated heterocycles. The zero-order valence-electron chi connectivity index (χ0n) is 14.2. The number of ether oxygens (including phenoxy) is 1. The minimum atomic E-state index is -1.18. The quantitative estimate of drug-likeness (QED) is 0.454. The largest absolute Gasteiger partial charge is 0.481 e. The number of hydrogen-bond acceptors (Lipinski definition) is 5. The molecule has 2 amide bonds. The predicted octanol–water partition coefficient (Wildman–Crippen LogP) is 2.12. The second-order valence-corrected chi connectivity index (χ2v) is 6.02. The summed E-state index contributed by atoms with van der Waals surface area (Å²) < 4.78 is 19.3. The third-order valence-electron chi connectivity index (χ3n) is 3.77. The number of carboxylic acid groups (broad SMARTS) is 1. The van der Waals surface area contributed by atoms with Crippen LogP contribution in [-0.2, 0) is 14.4 Å². The number of carbonyl (C=O) groups is 3. The van der Waals surface area contributed by atoms with Crippen molar-refractivity contribution in [1.82, 2.24) is 5.32 Å². The Bertz CT molecular complexity index is 1020. The summed E-state index contributed by atoms with van der Waals surface area (Å²) in [6.07, 6.45) is 1.24. The van der Waals surface area contributed by atoms with Crippen molar-refractivity contribution >= 4 is 46.9 Å². The molecule has 0 saturated carbocycles. The second kappa shape index (κ2) is 7.97. The normalized spacial score (nSPS) is 15.5. The standard InChI is InChI=1S/C19H13FN2O5S/c20-13-6-2-3-7-14(13)22-18(26)12(17(25)21-19(22)28)9-11-5-1-4-8-15(11)27-10-16(23)24/h1-9H,10H2,(H,23,24)(H,21,25,28)/b12-9+. The molecule has 28 heavy (non-hydrogen) atoms. The highest BCUT2D eigenvalue weighted by molar-refractivity contribution is 7.80. The van der Waals surface area contributed by atoms with Crippen molar-refractivity contribution in [2.75, 3.05) is 11.5 Å². The SMILES string of the molecule is O=C(O)COc1ccccc1/C=C1\C(=O)NC(=S)N(c2ccccc2F)C1=O. The monoisotopic (exact) mass is 400 g/mol. The molecule has 0 unspecified atom stereocenters. The maximum Gasteiger partial charge on any atom is 0.341 e. The Balaban J connectivity index is 2.01. The van der Waals surface area contributed by atoms with E-state index in [4.69, 9.17) is 22.1 Å². The Kier molecular flexibility index (Phi) is 5.46. The van der Waals surface area contributed by atoms with Gasteiger partial charge in [-0.3, -0.25) is 14.9 Å². The van der Waals surface area contributed by atoms with E-state index < -0.39 is 30.2 Å². The summed E-state index contributed by atoms with van der Waals surface area (Å²) in [6.45, 7) is -0.592. The molecule has 0 spiro atoms. The van der Waals surface area contributed by atoms with Crippen LogP contribution in [0.5, 0.6) is 5.75 Å². The number of thiocarbonyl (C=S) groups is 1. The lowest BCUT2D eigenvalue weighted by Crippen LogP contribution is -2.54. The number of benzene rings is 2. The molecule has 0 bridgehead atoms. The summed E-state index contributed by atoms with van der Waals surface area (Å²) in [6, 6.07) is 11.8. The number of anilines is 1. The van der Waals surface area contributed by atoms with Crippen molar-refractivity contribution in [3.63, 3.8) is 0 Å². The summed E-state index contributed by atoms with van der Waals surface area (Å²) in [4.78, 5) is 36.8. The van der Waals surface area contributed by atoms with Gasteiger partial charge in [-0.1, -0.05) is 30.3 Å². The van der Waals surface area contributed by atoms with Gasteiger partial charge in [0.15, 0.2) is 11.7 Å². The van der Waals surface area contributed by atoms with E-state index in [2.05, 4.69) is 5.32 Å². The van der Waals surface area contributed by atoms with Crippen molar-refractivity contribution in [2.45, 2.75) is 0 Å². The lowest BCUT2D eigenvalue weighted by molar-refractivity contribution is -0.139. The van der Waals surface area contributed by atoms with Gasteiger partial charge in [0.05, 0.1) is 5.69 Å². The average Bonchev–Trinajstić information content (AvgIpc) is 2.65. The lowest BCUT2D eigenvalue weighted by atomic mass is 10.1. The lowest BCUT2D eigenvalue weighted by Gasteiger charge is -2.29. The van der Waals surface area contributed by atoms with Gasteiger partial charge in [0.25, 0.3) is 11.8 Å². The molecular weight excluding hydrogens is 387 g/mol. The van der Waals surface area contributed by atoms with E-state index in [9.17, 15) is 18.8 Å². The molecule has 0 radical (unpaired) electrons. The third kappa shape index (κ3) is 3.89. The zero-order valence-corrected chi connectivity index (χ0v) is 15.0. The summed E-state index contributed by atoms with van der Waals surface area (Å²) in [5, 5.41) is 10.9. The van der Waals surface area contributed by atoms with E-state index in [1.807, 2.05) is 0 Å². The van der Waals surface area contributed by atoms with Crippen LogP contribution >= 0.6 is 12.2 Å². The number of rotatable bonds is 5. The van der Waals surface area contributed by atoms with Crippen molar-refractivity contribution in [2.24, 2.45) is 0 Å². The number of nitrogens with one attached hydrogen (secondary N) is 1. The number of carbonyl (C=O) groups excluding carboxylic acids is 2. The van der Waals surface area contributed by atoms with Gasteiger partial charge in [0.1, 0.15) is 17.1 Å². The highest BCUT2D eigenvalue weighted by Gasteiger charge is 2.35. The summed E-state index contributed by atoms with van der Waals surface area (Å²) in [5.74, 6) is -3.25. The van der Waals surface area contributed by atoms with E-state index >= 15 is 0 Å². The van der Waals surface area contributed by atoms with Gasteiger partial charge in [-0.05, 0) is 36.5 Å². The molecule has 0 aromatic heterocycles. The van der Waals surface area contributed by atoms with Crippen molar-refractivity contribution in [3.8, 4) is 5.75 Å². The molecule has 1 fully saturated rings. The first-order chi connectivity index (χ1) is 13.4. The summed E-state index contributed by atoms with van der Waals surface area (Å²) >= 11 is 5.03. The fourth-order valence-corrected chi connectivity index (χ4v) is 2.81. The number of aliphatic carboxylic acids is 1. The second-order valence-electron chi connectivity index (χ2n) is 5.63. The van der Waals surface area contributed by atoms with Crippen LogP contribution < -0.4 is 15.0 Å². The van der Waals surface area contributed by atoms with Crippen LogP contribution in [0.1, 0.15) is 5.56 Å². The average molecular weight is 400 g/mol. The van der Waals surface area contributed by atoms with Crippen molar-refractivity contribution < 1.29 is 28.6 Å². The Labute approximate surface area is 164 Å². The first-order valence-electron chi connectivity index (χ1n) is 7.98. The molecule has 3 rings (SSSR count). The highest BCUT2D eigenvalue weighted by Crippen LogP contribution is 2.26. The maximum atomic E-state index is 14.2. The van der Waals surface area contributed by atoms with Crippen LogP contribution in [0, 0.1) is 5.82 Å². The van der Waals surface area contributed by atoms with Gasteiger partial charge in [0, 0.05) is 5.56 Å². The van der Waals surface area contributed by atoms with Crippen LogP contribution in [0.25, 0.3) is 6.08 Å². The molecule has 2 aromatic rings. The molecule has 1 heterocycles. The highest BCUT2D eigenvalue weighted by atomic mass is 32.1. The smallest absolute Gasteiger partial charge is 0.341 e. The molecule has 9 heteroatoms. The number of hydrogen-bond donors (Lipinski definition) is 2. The first kappa shape index (κ1) is 19.2. The van der Waals surface area contributed by atoms with Gasteiger partial charge >= 0.3 is 5.97 Å².